The Bertz CT molecular complexity index is 567. The van der Waals surface area contributed by atoms with Crippen LogP contribution < -0.4 is 21.5 Å². The molecule has 0 spiro atoms. The number of rotatable bonds is 5. The number of aromatic amines is 1. The van der Waals surface area contributed by atoms with Gasteiger partial charge in [-0.3, -0.25) is 24.9 Å². The molecule has 0 bridgehead atoms. The number of anilines is 2. The fourth-order valence-corrected chi connectivity index (χ4v) is 3.42. The average molecular weight is 321 g/mol. The highest BCUT2D eigenvalue weighted by Gasteiger charge is 2.27. The van der Waals surface area contributed by atoms with E-state index in [4.69, 9.17) is 5.73 Å². The Kier molecular flexibility index (Phi) is 5.14. The van der Waals surface area contributed by atoms with Crippen molar-refractivity contribution in [2.24, 2.45) is 0 Å². The summed E-state index contributed by atoms with van der Waals surface area (Å²) in [5.41, 5.74) is 5.43. The third-order valence-electron chi connectivity index (χ3n) is 4.60. The lowest BCUT2D eigenvalue weighted by Crippen LogP contribution is -2.53. The number of hydrogen-bond donors (Lipinski definition) is 3. The van der Waals surface area contributed by atoms with Gasteiger partial charge in [0.25, 0.3) is 5.56 Å². The lowest BCUT2D eigenvalue weighted by Gasteiger charge is -2.37. The van der Waals surface area contributed by atoms with Gasteiger partial charge in [-0.2, -0.15) is 4.98 Å². The van der Waals surface area contributed by atoms with Crippen LogP contribution in [0.15, 0.2) is 10.9 Å². The van der Waals surface area contributed by atoms with Crippen LogP contribution in [0, 0.1) is 0 Å². The Balaban J connectivity index is 1.53. The molecular formula is C15H27N7O. The van der Waals surface area contributed by atoms with E-state index in [0.717, 1.165) is 52.4 Å². The van der Waals surface area contributed by atoms with E-state index in [1.165, 1.54) is 12.5 Å². The molecule has 2 fully saturated rings. The van der Waals surface area contributed by atoms with E-state index >= 15 is 0 Å². The van der Waals surface area contributed by atoms with Crippen LogP contribution in [0.1, 0.15) is 13.3 Å². The molecule has 1 unspecified atom stereocenters. The third-order valence-corrected chi connectivity index (χ3v) is 4.60. The van der Waals surface area contributed by atoms with Crippen molar-refractivity contribution in [3.63, 3.8) is 0 Å². The number of aromatic nitrogens is 2. The first-order valence-corrected chi connectivity index (χ1v) is 8.47. The van der Waals surface area contributed by atoms with Crippen LogP contribution in [0.5, 0.6) is 0 Å². The predicted molar refractivity (Wildman–Crippen MR) is 91.6 cm³/mol. The molecule has 8 nitrogen and oxygen atoms in total. The molecule has 23 heavy (non-hydrogen) atoms. The maximum Gasteiger partial charge on any atom is 0.254 e. The first-order chi connectivity index (χ1) is 11.2. The summed E-state index contributed by atoms with van der Waals surface area (Å²) in [6.07, 6.45) is 1.66. The van der Waals surface area contributed by atoms with E-state index in [1.807, 2.05) is 0 Å². The van der Waals surface area contributed by atoms with Gasteiger partial charge in [0.1, 0.15) is 5.82 Å². The Morgan fingerprint density at radius 1 is 1.30 bits per heavy atom. The second-order valence-corrected chi connectivity index (χ2v) is 6.28. The number of hydrogen-bond acceptors (Lipinski definition) is 7. The molecule has 0 radical (unpaired) electrons. The Labute approximate surface area is 136 Å². The largest absolute Gasteiger partial charge is 0.369 e. The van der Waals surface area contributed by atoms with Gasteiger partial charge >= 0.3 is 0 Å². The minimum Gasteiger partial charge on any atom is -0.369 e. The van der Waals surface area contributed by atoms with Gasteiger partial charge in [0.05, 0.1) is 6.17 Å². The highest BCUT2D eigenvalue weighted by atomic mass is 16.1. The van der Waals surface area contributed by atoms with Crippen molar-refractivity contribution in [3.05, 3.63) is 16.4 Å². The smallest absolute Gasteiger partial charge is 0.254 e. The van der Waals surface area contributed by atoms with Gasteiger partial charge in [-0.25, -0.2) is 0 Å². The average Bonchev–Trinajstić information content (AvgIpc) is 2.95. The van der Waals surface area contributed by atoms with E-state index in [9.17, 15) is 4.79 Å². The van der Waals surface area contributed by atoms with E-state index in [1.54, 1.807) is 0 Å². The van der Waals surface area contributed by atoms with Crippen LogP contribution in [-0.2, 0) is 0 Å². The summed E-state index contributed by atoms with van der Waals surface area (Å²) in [5.74, 6) is 0.859. The molecule has 0 amide bonds. The zero-order valence-corrected chi connectivity index (χ0v) is 13.8. The fourth-order valence-electron chi connectivity index (χ4n) is 3.42. The molecule has 128 valence electrons. The number of nitrogen functional groups attached to an aromatic ring is 1. The van der Waals surface area contributed by atoms with Gasteiger partial charge in [-0.05, 0) is 13.0 Å². The predicted octanol–water partition coefficient (Wildman–Crippen LogP) is -0.885. The summed E-state index contributed by atoms with van der Waals surface area (Å²) >= 11 is 0. The number of nitrogens with two attached hydrogens (primary N) is 1. The van der Waals surface area contributed by atoms with Crippen LogP contribution in [0.4, 0.5) is 11.8 Å². The van der Waals surface area contributed by atoms with Crippen LogP contribution in [0.3, 0.4) is 0 Å². The second-order valence-electron chi connectivity index (χ2n) is 6.28. The molecule has 2 aliphatic heterocycles. The minimum atomic E-state index is -0.194. The Hall–Kier alpha value is -1.64. The van der Waals surface area contributed by atoms with Crippen LogP contribution in [-0.4, -0.2) is 78.3 Å². The second kappa shape index (κ2) is 7.29. The molecule has 2 aliphatic rings. The number of nitrogens with zero attached hydrogens (tertiary/aromatic N) is 4. The van der Waals surface area contributed by atoms with Gasteiger partial charge in [-0.15, -0.1) is 0 Å². The lowest BCUT2D eigenvalue weighted by atomic mass is 10.2. The highest BCUT2D eigenvalue weighted by molar-refractivity contribution is 5.41. The van der Waals surface area contributed by atoms with Crippen LogP contribution in [0.2, 0.25) is 0 Å². The van der Waals surface area contributed by atoms with Crippen molar-refractivity contribution in [2.45, 2.75) is 19.5 Å². The highest BCUT2D eigenvalue weighted by Crippen LogP contribution is 2.14. The van der Waals surface area contributed by atoms with Gasteiger partial charge in [-0.1, -0.05) is 6.92 Å². The fraction of sp³-hybridized carbons (Fsp3) is 0.733. The molecule has 0 aromatic carbocycles. The number of nitrogens with one attached hydrogen (secondary N) is 2. The Morgan fingerprint density at radius 2 is 2.09 bits per heavy atom. The molecule has 2 saturated heterocycles. The van der Waals surface area contributed by atoms with Crippen LogP contribution in [0.25, 0.3) is 0 Å². The first kappa shape index (κ1) is 16.2. The van der Waals surface area contributed by atoms with Crippen molar-refractivity contribution in [1.82, 2.24) is 25.1 Å². The normalized spacial score (nSPS) is 23.5. The van der Waals surface area contributed by atoms with Gasteiger partial charge < -0.3 is 10.6 Å². The van der Waals surface area contributed by atoms with Crippen LogP contribution >= 0.6 is 0 Å². The summed E-state index contributed by atoms with van der Waals surface area (Å²) in [5, 5.41) is 3.59. The summed E-state index contributed by atoms with van der Waals surface area (Å²) in [6, 6.07) is 1.52. The van der Waals surface area contributed by atoms with Crippen molar-refractivity contribution < 1.29 is 0 Å². The maximum atomic E-state index is 11.5. The molecule has 8 heteroatoms. The number of piperazine rings is 1. The van der Waals surface area contributed by atoms with Gasteiger partial charge in [0.2, 0.25) is 5.95 Å². The quantitative estimate of drug-likeness (QED) is 0.648. The van der Waals surface area contributed by atoms with Crippen molar-refractivity contribution in [3.8, 4) is 0 Å². The van der Waals surface area contributed by atoms with Crippen molar-refractivity contribution in [2.75, 3.05) is 63.0 Å². The molecular weight excluding hydrogens is 294 g/mol. The topological polar surface area (TPSA) is 93.5 Å². The van der Waals surface area contributed by atoms with Crippen molar-refractivity contribution >= 4 is 11.8 Å². The maximum absolute atomic E-state index is 11.5. The number of H-pyrrole nitrogens is 1. The lowest BCUT2D eigenvalue weighted by molar-refractivity contribution is 0.156. The van der Waals surface area contributed by atoms with E-state index in [2.05, 4.69) is 36.9 Å². The molecule has 3 heterocycles. The summed E-state index contributed by atoms with van der Waals surface area (Å²) in [7, 11) is 0. The molecule has 1 atom stereocenters. The summed E-state index contributed by atoms with van der Waals surface area (Å²) in [6.45, 7) is 10.4. The van der Waals surface area contributed by atoms with Crippen molar-refractivity contribution in [1.29, 1.82) is 0 Å². The molecule has 4 N–H and O–H groups in total. The third kappa shape index (κ3) is 4.01. The molecule has 3 rings (SSSR count). The molecule has 1 aromatic heterocycles. The summed E-state index contributed by atoms with van der Waals surface area (Å²) in [4.78, 5) is 25.4. The molecule has 1 aromatic rings. The minimum absolute atomic E-state index is 0.181. The zero-order chi connectivity index (χ0) is 16.2. The summed E-state index contributed by atoms with van der Waals surface area (Å²) < 4.78 is 0. The van der Waals surface area contributed by atoms with E-state index < -0.39 is 0 Å². The van der Waals surface area contributed by atoms with Gasteiger partial charge in [0.15, 0.2) is 0 Å². The molecule has 0 saturated carbocycles. The molecule has 0 aliphatic carbocycles. The Morgan fingerprint density at radius 3 is 2.78 bits per heavy atom. The monoisotopic (exact) mass is 321 g/mol. The zero-order valence-electron chi connectivity index (χ0n) is 13.8. The SMILES string of the molecule is CCCN1CCNC1CN1CCN(c2cc(=O)[nH]c(N)n2)CC1. The van der Waals surface area contributed by atoms with Gasteiger partial charge in [0, 0.05) is 51.9 Å². The standard InChI is InChI=1S/C15H27N7O/c1-2-4-21-5-3-17-13(21)11-20-6-8-22(9-7-20)12-10-14(23)19-15(16)18-12/h10,13,17H,2-9,11H2,1H3,(H3,16,18,19,23). The first-order valence-electron chi connectivity index (χ1n) is 8.47. The van der Waals surface area contributed by atoms with E-state index in [0.29, 0.717) is 12.0 Å². The van der Waals surface area contributed by atoms with E-state index in [-0.39, 0.29) is 11.5 Å².